The van der Waals surface area contributed by atoms with Crippen molar-refractivity contribution in [2.75, 3.05) is 11.1 Å². The lowest BCUT2D eigenvalue weighted by molar-refractivity contribution is 0.604. The van der Waals surface area contributed by atoms with E-state index in [9.17, 15) is 10.1 Å². The van der Waals surface area contributed by atoms with Crippen molar-refractivity contribution in [1.29, 1.82) is 5.26 Å². The van der Waals surface area contributed by atoms with Gasteiger partial charge in [-0.2, -0.15) is 10.2 Å². The number of anilines is 2. The molecule has 0 saturated carbocycles. The normalized spacial score (nSPS) is 11.8. The van der Waals surface area contributed by atoms with Crippen molar-refractivity contribution >= 4 is 34.3 Å². The van der Waals surface area contributed by atoms with Crippen LogP contribution in [0.3, 0.4) is 0 Å². The molecule has 0 spiro atoms. The monoisotopic (exact) mass is 417 g/mol. The molecule has 8 heteroatoms. The van der Waals surface area contributed by atoms with Gasteiger partial charge in [0.1, 0.15) is 23.2 Å². The summed E-state index contributed by atoms with van der Waals surface area (Å²) in [6.45, 7) is 1.79. The van der Waals surface area contributed by atoms with Crippen molar-refractivity contribution in [1.82, 2.24) is 9.97 Å². The van der Waals surface area contributed by atoms with Gasteiger partial charge in [0.2, 0.25) is 5.95 Å². The second kappa shape index (κ2) is 7.85. The third-order valence-corrected chi connectivity index (χ3v) is 4.95. The number of nitrogens with two attached hydrogens (primary N) is 1. The Morgan fingerprint density at radius 2 is 1.97 bits per heavy atom. The fourth-order valence-corrected chi connectivity index (χ4v) is 3.47. The largest absolute Gasteiger partial charge is 0.454 e. The number of aromatic nitrogens is 2. The Bertz CT molecular complexity index is 1350. The standard InChI is InChI=1S/C22H16ClN5O2/c1-12(27-21-14(10-24)11-26-22(25)28-21)17-18(29)15-8-5-9-16(23)20(15)30-19(17)13-6-3-2-4-7-13/h2-9,11-12H,1H3,(H3,25,26,27,28). The van der Waals surface area contributed by atoms with Crippen LogP contribution >= 0.6 is 11.6 Å². The number of benzene rings is 2. The minimum absolute atomic E-state index is 0.0179. The van der Waals surface area contributed by atoms with Gasteiger partial charge < -0.3 is 15.5 Å². The molecule has 30 heavy (non-hydrogen) atoms. The predicted octanol–water partition coefficient (Wildman–Crippen LogP) is 4.53. The minimum Gasteiger partial charge on any atom is -0.454 e. The lowest BCUT2D eigenvalue weighted by atomic mass is 9.99. The molecule has 0 saturated heterocycles. The zero-order valence-electron chi connectivity index (χ0n) is 15.9. The van der Waals surface area contributed by atoms with Gasteiger partial charge in [-0.15, -0.1) is 0 Å². The summed E-state index contributed by atoms with van der Waals surface area (Å²) in [6, 6.07) is 15.8. The summed E-state index contributed by atoms with van der Waals surface area (Å²) in [5.41, 5.74) is 7.09. The zero-order valence-corrected chi connectivity index (χ0v) is 16.6. The van der Waals surface area contributed by atoms with Crippen LogP contribution < -0.4 is 16.5 Å². The highest BCUT2D eigenvalue weighted by Crippen LogP contribution is 2.33. The summed E-state index contributed by atoms with van der Waals surface area (Å²) in [5, 5.41) is 13.2. The molecule has 0 fully saturated rings. The smallest absolute Gasteiger partial charge is 0.222 e. The quantitative estimate of drug-likeness (QED) is 0.500. The number of para-hydroxylation sites is 1. The van der Waals surface area contributed by atoms with E-state index in [4.69, 9.17) is 21.8 Å². The molecule has 3 N–H and O–H groups in total. The van der Waals surface area contributed by atoms with Gasteiger partial charge in [-0.05, 0) is 19.1 Å². The average molecular weight is 418 g/mol. The van der Waals surface area contributed by atoms with E-state index in [-0.39, 0.29) is 22.8 Å². The van der Waals surface area contributed by atoms with Crippen LogP contribution in [0.2, 0.25) is 5.02 Å². The van der Waals surface area contributed by atoms with E-state index in [2.05, 4.69) is 15.3 Å². The molecule has 148 valence electrons. The van der Waals surface area contributed by atoms with E-state index in [0.717, 1.165) is 5.56 Å². The Morgan fingerprint density at radius 3 is 2.70 bits per heavy atom. The van der Waals surface area contributed by atoms with Crippen molar-refractivity contribution in [2.45, 2.75) is 13.0 Å². The van der Waals surface area contributed by atoms with Gasteiger partial charge in [0.25, 0.3) is 0 Å². The van der Waals surface area contributed by atoms with E-state index in [1.54, 1.807) is 25.1 Å². The fraction of sp³-hybridized carbons (Fsp3) is 0.0909. The second-order valence-corrected chi connectivity index (χ2v) is 7.03. The fourth-order valence-electron chi connectivity index (χ4n) is 3.26. The molecular weight excluding hydrogens is 402 g/mol. The molecule has 2 aromatic carbocycles. The number of hydrogen-bond donors (Lipinski definition) is 2. The zero-order chi connectivity index (χ0) is 21.3. The van der Waals surface area contributed by atoms with E-state index >= 15 is 0 Å². The number of hydrogen-bond acceptors (Lipinski definition) is 7. The molecule has 0 aliphatic carbocycles. The molecule has 4 aromatic rings. The SMILES string of the molecule is CC(Nc1nc(N)ncc1C#N)c1c(-c2ccccc2)oc2c(Cl)cccc2c1=O. The van der Waals surface area contributed by atoms with Gasteiger partial charge in [0.15, 0.2) is 11.0 Å². The maximum atomic E-state index is 13.4. The van der Waals surface area contributed by atoms with Crippen LogP contribution in [-0.4, -0.2) is 9.97 Å². The Balaban J connectivity index is 1.93. The van der Waals surface area contributed by atoms with Crippen LogP contribution in [0.4, 0.5) is 11.8 Å². The summed E-state index contributed by atoms with van der Waals surface area (Å²) in [4.78, 5) is 21.4. The van der Waals surface area contributed by atoms with Crippen LogP contribution in [0, 0.1) is 11.3 Å². The highest BCUT2D eigenvalue weighted by atomic mass is 35.5. The summed E-state index contributed by atoms with van der Waals surface area (Å²) in [5.74, 6) is 0.646. The van der Waals surface area contributed by atoms with E-state index in [1.165, 1.54) is 6.20 Å². The van der Waals surface area contributed by atoms with Crippen molar-refractivity contribution in [3.05, 3.63) is 81.1 Å². The number of nitrogens with zero attached hydrogens (tertiary/aromatic N) is 3. The highest BCUT2D eigenvalue weighted by molar-refractivity contribution is 6.34. The Morgan fingerprint density at radius 1 is 1.20 bits per heavy atom. The average Bonchev–Trinajstić information content (AvgIpc) is 2.75. The van der Waals surface area contributed by atoms with Crippen LogP contribution in [0.1, 0.15) is 24.1 Å². The molecule has 0 aliphatic rings. The molecule has 7 nitrogen and oxygen atoms in total. The van der Waals surface area contributed by atoms with Crippen LogP contribution in [0.5, 0.6) is 0 Å². The first-order chi connectivity index (χ1) is 14.5. The van der Waals surface area contributed by atoms with Gasteiger partial charge in [-0.25, -0.2) is 4.98 Å². The summed E-state index contributed by atoms with van der Waals surface area (Å²) in [6.07, 6.45) is 1.33. The van der Waals surface area contributed by atoms with Gasteiger partial charge in [-0.1, -0.05) is 48.0 Å². The Kier molecular flexibility index (Phi) is 5.09. The lowest BCUT2D eigenvalue weighted by Gasteiger charge is -2.19. The first-order valence-corrected chi connectivity index (χ1v) is 9.47. The van der Waals surface area contributed by atoms with Crippen LogP contribution in [0.25, 0.3) is 22.3 Å². The molecular formula is C22H16ClN5O2. The van der Waals surface area contributed by atoms with Crippen molar-refractivity contribution in [2.24, 2.45) is 0 Å². The molecule has 4 rings (SSSR count). The van der Waals surface area contributed by atoms with Crippen LogP contribution in [0.15, 0.2) is 63.9 Å². The van der Waals surface area contributed by atoms with Crippen LogP contribution in [-0.2, 0) is 0 Å². The number of fused-ring (bicyclic) bond motifs is 1. The second-order valence-electron chi connectivity index (χ2n) is 6.62. The molecule has 0 radical (unpaired) electrons. The lowest BCUT2D eigenvalue weighted by Crippen LogP contribution is -2.20. The topological polar surface area (TPSA) is 118 Å². The Labute approximate surface area is 176 Å². The maximum absolute atomic E-state index is 13.4. The van der Waals surface area contributed by atoms with Gasteiger partial charge >= 0.3 is 0 Å². The van der Waals surface area contributed by atoms with E-state index < -0.39 is 6.04 Å². The van der Waals surface area contributed by atoms with Gasteiger partial charge in [-0.3, -0.25) is 4.79 Å². The van der Waals surface area contributed by atoms with E-state index in [1.807, 2.05) is 36.4 Å². The number of halogens is 1. The maximum Gasteiger partial charge on any atom is 0.222 e. The summed E-state index contributed by atoms with van der Waals surface area (Å²) in [7, 11) is 0. The first-order valence-electron chi connectivity index (χ1n) is 9.09. The molecule has 0 amide bonds. The third kappa shape index (κ3) is 3.45. The molecule has 1 unspecified atom stereocenters. The molecule has 2 heterocycles. The van der Waals surface area contributed by atoms with Gasteiger partial charge in [0.05, 0.1) is 28.2 Å². The highest BCUT2D eigenvalue weighted by Gasteiger charge is 2.23. The number of nitriles is 1. The van der Waals surface area contributed by atoms with E-state index in [0.29, 0.717) is 27.3 Å². The van der Waals surface area contributed by atoms with Gasteiger partial charge in [0, 0.05) is 5.56 Å². The summed E-state index contributed by atoms with van der Waals surface area (Å²) >= 11 is 6.29. The molecule has 0 bridgehead atoms. The number of nitrogens with one attached hydrogen (secondary N) is 1. The molecule has 0 aliphatic heterocycles. The van der Waals surface area contributed by atoms with Crippen molar-refractivity contribution in [3.63, 3.8) is 0 Å². The third-order valence-electron chi connectivity index (χ3n) is 4.66. The number of rotatable bonds is 4. The minimum atomic E-state index is -0.554. The Hall–Kier alpha value is -3.89. The van der Waals surface area contributed by atoms with Crippen molar-refractivity contribution < 1.29 is 4.42 Å². The number of nitrogen functional groups attached to an aromatic ring is 1. The first kappa shape index (κ1) is 19.4. The predicted molar refractivity (Wildman–Crippen MR) is 116 cm³/mol. The molecule has 1 atom stereocenters. The van der Waals surface area contributed by atoms with Crippen molar-refractivity contribution in [3.8, 4) is 17.4 Å². The summed E-state index contributed by atoms with van der Waals surface area (Å²) < 4.78 is 6.14. The molecule has 2 aromatic heterocycles.